The highest BCUT2D eigenvalue weighted by atomic mass is 16.1. The van der Waals surface area contributed by atoms with Crippen molar-refractivity contribution in [3.63, 3.8) is 0 Å². The van der Waals surface area contributed by atoms with Crippen LogP contribution < -0.4 is 5.73 Å². The minimum atomic E-state index is -0.772. The molecule has 28 heavy (non-hydrogen) atoms. The summed E-state index contributed by atoms with van der Waals surface area (Å²) >= 11 is 0. The molecule has 0 saturated carbocycles. The van der Waals surface area contributed by atoms with E-state index in [4.69, 9.17) is 5.73 Å². The molecule has 0 aliphatic rings. The first-order chi connectivity index (χ1) is 13.3. The maximum absolute atomic E-state index is 13.2. The van der Waals surface area contributed by atoms with Gasteiger partial charge < -0.3 is 10.3 Å². The van der Waals surface area contributed by atoms with Gasteiger partial charge >= 0.3 is 0 Å². The van der Waals surface area contributed by atoms with Crippen molar-refractivity contribution in [1.82, 2.24) is 4.57 Å². The number of ketones is 1. The second-order valence-electron chi connectivity index (χ2n) is 8.12. The van der Waals surface area contributed by atoms with Gasteiger partial charge in [-0.05, 0) is 44.9 Å². The topological polar surface area (TPSA) is 65.1 Å². The highest BCUT2D eigenvalue weighted by Gasteiger charge is 2.30. The SMILES string of the molecule is CCCC(=O)c1c(-c2ccccc2)c2cc(C)ccc2n1CC(C)(C)C(N)=O. The van der Waals surface area contributed by atoms with Crippen molar-refractivity contribution in [3.05, 3.63) is 59.8 Å². The maximum atomic E-state index is 13.2. The summed E-state index contributed by atoms with van der Waals surface area (Å²) < 4.78 is 2.00. The van der Waals surface area contributed by atoms with E-state index in [0.29, 0.717) is 18.7 Å². The van der Waals surface area contributed by atoms with Gasteiger partial charge in [-0.1, -0.05) is 48.9 Å². The first-order valence-corrected chi connectivity index (χ1v) is 9.77. The Morgan fingerprint density at radius 1 is 1.07 bits per heavy atom. The van der Waals surface area contributed by atoms with E-state index in [0.717, 1.165) is 34.0 Å². The van der Waals surface area contributed by atoms with Crippen LogP contribution in [-0.2, 0) is 11.3 Å². The summed E-state index contributed by atoms with van der Waals surface area (Å²) in [6, 6.07) is 16.2. The van der Waals surface area contributed by atoms with Gasteiger partial charge in [0.1, 0.15) is 0 Å². The van der Waals surface area contributed by atoms with E-state index >= 15 is 0 Å². The van der Waals surface area contributed by atoms with Crippen molar-refractivity contribution in [2.24, 2.45) is 11.1 Å². The lowest BCUT2D eigenvalue weighted by Crippen LogP contribution is -2.36. The van der Waals surface area contributed by atoms with Crippen LogP contribution in [0, 0.1) is 12.3 Å². The molecule has 0 atom stereocenters. The number of rotatable bonds is 7. The second kappa shape index (κ2) is 7.63. The van der Waals surface area contributed by atoms with Gasteiger partial charge in [-0.15, -0.1) is 0 Å². The number of nitrogens with two attached hydrogens (primary N) is 1. The van der Waals surface area contributed by atoms with Crippen LogP contribution in [0.2, 0.25) is 0 Å². The van der Waals surface area contributed by atoms with E-state index in [2.05, 4.69) is 6.07 Å². The number of carbonyl (C=O) groups excluding carboxylic acids is 2. The molecule has 1 heterocycles. The molecule has 2 aromatic carbocycles. The summed E-state index contributed by atoms with van der Waals surface area (Å²) in [5.74, 6) is -0.285. The van der Waals surface area contributed by atoms with Crippen LogP contribution in [0.3, 0.4) is 0 Å². The van der Waals surface area contributed by atoms with Gasteiger partial charge in [0.2, 0.25) is 5.91 Å². The third-order valence-corrected chi connectivity index (χ3v) is 5.24. The molecule has 4 heteroatoms. The number of aryl methyl sites for hydroxylation is 1. The molecule has 0 bridgehead atoms. The average molecular weight is 377 g/mol. The van der Waals surface area contributed by atoms with Gasteiger partial charge in [0.15, 0.2) is 5.78 Å². The van der Waals surface area contributed by atoms with Gasteiger partial charge in [0.25, 0.3) is 0 Å². The zero-order chi connectivity index (χ0) is 20.5. The van der Waals surface area contributed by atoms with Crippen molar-refractivity contribution in [3.8, 4) is 11.1 Å². The Balaban J connectivity index is 2.39. The number of nitrogens with zero attached hydrogens (tertiary/aromatic N) is 1. The van der Waals surface area contributed by atoms with E-state index in [1.807, 2.05) is 74.7 Å². The van der Waals surface area contributed by atoms with Crippen LogP contribution in [0.4, 0.5) is 0 Å². The van der Waals surface area contributed by atoms with Gasteiger partial charge in [-0.2, -0.15) is 0 Å². The zero-order valence-corrected chi connectivity index (χ0v) is 17.1. The van der Waals surface area contributed by atoms with Crippen molar-refractivity contribution < 1.29 is 9.59 Å². The monoisotopic (exact) mass is 376 g/mol. The third-order valence-electron chi connectivity index (χ3n) is 5.24. The molecule has 1 aromatic heterocycles. The van der Waals surface area contributed by atoms with Crippen molar-refractivity contribution >= 4 is 22.6 Å². The normalized spacial score (nSPS) is 11.7. The molecule has 0 saturated heterocycles. The number of primary amides is 1. The summed E-state index contributed by atoms with van der Waals surface area (Å²) in [7, 11) is 0. The van der Waals surface area contributed by atoms with E-state index in [-0.39, 0.29) is 11.7 Å². The fourth-order valence-corrected chi connectivity index (χ4v) is 3.64. The molecule has 0 radical (unpaired) electrons. The quantitative estimate of drug-likeness (QED) is 0.582. The predicted molar refractivity (Wildman–Crippen MR) is 114 cm³/mol. The highest BCUT2D eigenvalue weighted by molar-refractivity contribution is 6.11. The Labute approximate surface area is 166 Å². The lowest BCUT2D eigenvalue weighted by molar-refractivity contribution is -0.126. The van der Waals surface area contributed by atoms with E-state index < -0.39 is 5.41 Å². The summed E-state index contributed by atoms with van der Waals surface area (Å²) in [5.41, 5.74) is 9.59. The minimum Gasteiger partial charge on any atom is -0.369 e. The molecule has 3 aromatic rings. The first kappa shape index (κ1) is 19.9. The average Bonchev–Trinajstić information content (AvgIpc) is 2.95. The number of Topliss-reactive ketones (excluding diaryl/α,β-unsaturated/α-hetero) is 1. The molecule has 0 fully saturated rings. The predicted octanol–water partition coefficient (Wildman–Crippen LogP) is 5.11. The van der Waals surface area contributed by atoms with Gasteiger partial charge in [-0.25, -0.2) is 0 Å². The molecule has 2 N–H and O–H groups in total. The third kappa shape index (κ3) is 3.59. The van der Waals surface area contributed by atoms with E-state index in [1.54, 1.807) is 0 Å². The number of hydrogen-bond acceptors (Lipinski definition) is 2. The Kier molecular flexibility index (Phi) is 5.41. The van der Waals surface area contributed by atoms with Gasteiger partial charge in [-0.3, -0.25) is 9.59 Å². The minimum absolute atomic E-state index is 0.0930. The molecular formula is C24H28N2O2. The van der Waals surface area contributed by atoms with Crippen molar-refractivity contribution in [1.29, 1.82) is 0 Å². The van der Waals surface area contributed by atoms with Gasteiger partial charge in [0.05, 0.1) is 11.1 Å². The smallest absolute Gasteiger partial charge is 0.224 e. The summed E-state index contributed by atoms with van der Waals surface area (Å²) in [4.78, 5) is 25.3. The Hall–Kier alpha value is -2.88. The number of aromatic nitrogens is 1. The largest absolute Gasteiger partial charge is 0.369 e. The fourth-order valence-electron chi connectivity index (χ4n) is 3.64. The maximum Gasteiger partial charge on any atom is 0.224 e. The van der Waals surface area contributed by atoms with Crippen LogP contribution in [0.1, 0.15) is 49.7 Å². The lowest BCUT2D eigenvalue weighted by atomic mass is 9.92. The van der Waals surface area contributed by atoms with E-state index in [1.165, 1.54) is 0 Å². The molecule has 0 aliphatic heterocycles. The van der Waals surface area contributed by atoms with Gasteiger partial charge in [0, 0.05) is 29.4 Å². The summed E-state index contributed by atoms with van der Waals surface area (Å²) in [5, 5.41) is 1.03. The second-order valence-corrected chi connectivity index (χ2v) is 8.12. The highest BCUT2D eigenvalue weighted by Crippen LogP contribution is 2.38. The number of carbonyl (C=O) groups is 2. The fraction of sp³-hybridized carbons (Fsp3) is 0.333. The molecule has 0 unspecified atom stereocenters. The van der Waals surface area contributed by atoms with Crippen LogP contribution in [0.25, 0.3) is 22.0 Å². The molecular weight excluding hydrogens is 348 g/mol. The summed E-state index contributed by atoms with van der Waals surface area (Å²) in [6.07, 6.45) is 1.24. The molecule has 146 valence electrons. The first-order valence-electron chi connectivity index (χ1n) is 9.77. The Bertz CT molecular complexity index is 1030. The number of hydrogen-bond donors (Lipinski definition) is 1. The molecule has 0 aliphatic carbocycles. The lowest BCUT2D eigenvalue weighted by Gasteiger charge is -2.23. The number of benzene rings is 2. The van der Waals surface area contributed by atoms with Crippen LogP contribution >= 0.6 is 0 Å². The van der Waals surface area contributed by atoms with Crippen molar-refractivity contribution in [2.75, 3.05) is 0 Å². The molecule has 1 amide bonds. The van der Waals surface area contributed by atoms with E-state index in [9.17, 15) is 9.59 Å². The summed E-state index contributed by atoms with van der Waals surface area (Å²) in [6.45, 7) is 8.06. The number of fused-ring (bicyclic) bond motifs is 1. The van der Waals surface area contributed by atoms with Crippen LogP contribution in [-0.4, -0.2) is 16.3 Å². The van der Waals surface area contributed by atoms with Crippen molar-refractivity contribution in [2.45, 2.75) is 47.1 Å². The molecule has 4 nitrogen and oxygen atoms in total. The number of amides is 1. The van der Waals surface area contributed by atoms with Crippen LogP contribution in [0.15, 0.2) is 48.5 Å². The van der Waals surface area contributed by atoms with Crippen LogP contribution in [0.5, 0.6) is 0 Å². The molecule has 0 spiro atoms. The molecule has 3 rings (SSSR count). The Morgan fingerprint density at radius 3 is 2.36 bits per heavy atom. The standard InChI is InChI=1S/C24H28N2O2/c1-5-9-20(27)22-21(17-10-7-6-8-11-17)18-14-16(2)12-13-19(18)26(22)15-24(3,4)23(25)28/h6-8,10-14H,5,9,15H2,1-4H3,(H2,25,28). The zero-order valence-electron chi connectivity index (χ0n) is 17.1. The Morgan fingerprint density at radius 2 is 1.75 bits per heavy atom.